The number of hydrogen-bond donors (Lipinski definition) is 2. The molecule has 4 nitrogen and oxygen atoms in total. The maximum atomic E-state index is 6.12. The Balaban J connectivity index is 2.41. The summed E-state index contributed by atoms with van der Waals surface area (Å²) in [6.07, 6.45) is 2.70. The van der Waals surface area contributed by atoms with Gasteiger partial charge in [0.05, 0.1) is 12.9 Å². The van der Waals surface area contributed by atoms with Crippen molar-refractivity contribution in [3.63, 3.8) is 0 Å². The fourth-order valence-electron chi connectivity index (χ4n) is 1.84. The van der Waals surface area contributed by atoms with Gasteiger partial charge in [-0.15, -0.1) is 0 Å². The molecule has 0 spiro atoms. The molecule has 0 heterocycles. The molecule has 0 saturated carbocycles. The van der Waals surface area contributed by atoms with Crippen LogP contribution in [0.3, 0.4) is 0 Å². The van der Waals surface area contributed by atoms with Crippen LogP contribution in [-0.2, 0) is 6.42 Å². The quantitative estimate of drug-likeness (QED) is 0.594. The van der Waals surface area contributed by atoms with Crippen LogP contribution in [0.15, 0.2) is 29.3 Å². The molecule has 0 aliphatic heterocycles. The van der Waals surface area contributed by atoms with Crippen molar-refractivity contribution in [2.45, 2.75) is 25.3 Å². The van der Waals surface area contributed by atoms with E-state index in [9.17, 15) is 0 Å². The topological polar surface area (TPSA) is 59.6 Å². The van der Waals surface area contributed by atoms with Gasteiger partial charge in [0.15, 0.2) is 0 Å². The molecule has 18 heavy (non-hydrogen) atoms. The molecule has 0 bridgehead atoms. The van der Waals surface area contributed by atoms with Gasteiger partial charge in [-0.25, -0.2) is 0 Å². The third-order valence-electron chi connectivity index (χ3n) is 2.97. The van der Waals surface area contributed by atoms with Gasteiger partial charge in [0, 0.05) is 26.6 Å². The number of amidine groups is 1. The third kappa shape index (κ3) is 4.75. The molecule has 0 radical (unpaired) electrons. The fourth-order valence-corrected chi connectivity index (χ4v) is 1.84. The van der Waals surface area contributed by atoms with Crippen LogP contribution in [0.5, 0.6) is 5.75 Å². The lowest BCUT2D eigenvalue weighted by atomic mass is 10.0. The summed E-state index contributed by atoms with van der Waals surface area (Å²) < 4.78 is 5.13. The summed E-state index contributed by atoms with van der Waals surface area (Å²) in [5, 5.41) is 3.06. The van der Waals surface area contributed by atoms with Crippen molar-refractivity contribution in [1.29, 1.82) is 0 Å². The predicted molar refractivity (Wildman–Crippen MR) is 76.3 cm³/mol. The van der Waals surface area contributed by atoms with Gasteiger partial charge in [-0.2, -0.15) is 0 Å². The Labute approximate surface area is 109 Å². The average molecular weight is 249 g/mol. The molecule has 4 heteroatoms. The van der Waals surface area contributed by atoms with Gasteiger partial charge in [-0.1, -0.05) is 12.1 Å². The van der Waals surface area contributed by atoms with E-state index in [2.05, 4.69) is 22.4 Å². The Bertz CT molecular complexity index is 373. The zero-order chi connectivity index (χ0) is 13.4. The number of methoxy groups -OCH3 is 1. The lowest BCUT2D eigenvalue weighted by Gasteiger charge is -2.12. The van der Waals surface area contributed by atoms with Gasteiger partial charge in [0.1, 0.15) is 5.75 Å². The first kappa shape index (κ1) is 14.5. The largest absolute Gasteiger partial charge is 0.497 e. The molecule has 1 atom stereocenters. The summed E-state index contributed by atoms with van der Waals surface area (Å²) in [6, 6.07) is 8.21. The van der Waals surface area contributed by atoms with Crippen LogP contribution in [0.2, 0.25) is 0 Å². The average Bonchev–Trinajstić information content (AvgIpc) is 2.41. The van der Waals surface area contributed by atoms with Crippen molar-refractivity contribution >= 4 is 5.84 Å². The first-order chi connectivity index (χ1) is 8.69. The van der Waals surface area contributed by atoms with E-state index in [1.165, 1.54) is 5.56 Å². The molecule has 0 fully saturated rings. The monoisotopic (exact) mass is 249 g/mol. The van der Waals surface area contributed by atoms with Crippen LogP contribution in [0.25, 0.3) is 0 Å². The number of nitrogens with one attached hydrogen (secondary N) is 1. The van der Waals surface area contributed by atoms with Crippen LogP contribution in [-0.4, -0.2) is 33.1 Å². The van der Waals surface area contributed by atoms with Gasteiger partial charge in [-0.3, -0.25) is 4.99 Å². The van der Waals surface area contributed by atoms with Crippen LogP contribution in [0.1, 0.15) is 18.4 Å². The van der Waals surface area contributed by atoms with E-state index in [-0.39, 0.29) is 6.04 Å². The highest BCUT2D eigenvalue weighted by Crippen LogP contribution is 2.13. The molecule has 0 saturated heterocycles. The molecule has 0 aliphatic carbocycles. The third-order valence-corrected chi connectivity index (χ3v) is 2.97. The van der Waals surface area contributed by atoms with Gasteiger partial charge in [-0.05, 0) is 30.5 Å². The summed E-state index contributed by atoms with van der Waals surface area (Å²) in [6.45, 7) is 0. The Morgan fingerprint density at radius 1 is 1.39 bits per heavy atom. The molecule has 0 amide bonds. The standard InChI is InChI=1S/C14H23N3O/c1-16-14(17-2)9-6-12(15)10-11-4-7-13(18-3)8-5-11/h4-5,7-8,12H,6,9-10,15H2,1-3H3,(H,16,17)/t12-/m1/s1. The number of rotatable bonds is 6. The lowest BCUT2D eigenvalue weighted by Crippen LogP contribution is -2.26. The van der Waals surface area contributed by atoms with Crippen LogP contribution in [0, 0.1) is 0 Å². The van der Waals surface area contributed by atoms with Gasteiger partial charge >= 0.3 is 0 Å². The smallest absolute Gasteiger partial charge is 0.118 e. The van der Waals surface area contributed by atoms with Crippen molar-refractivity contribution in [2.24, 2.45) is 10.7 Å². The highest BCUT2D eigenvalue weighted by atomic mass is 16.5. The number of nitrogens with two attached hydrogens (primary N) is 1. The molecule has 0 aliphatic rings. The molecule has 1 aromatic rings. The first-order valence-electron chi connectivity index (χ1n) is 6.21. The highest BCUT2D eigenvalue weighted by molar-refractivity contribution is 5.81. The Morgan fingerprint density at radius 3 is 2.56 bits per heavy atom. The van der Waals surface area contributed by atoms with E-state index in [4.69, 9.17) is 10.5 Å². The second kappa shape index (κ2) is 7.71. The van der Waals surface area contributed by atoms with Crippen LogP contribution in [0.4, 0.5) is 0 Å². The predicted octanol–water partition coefficient (Wildman–Crippen LogP) is 1.59. The number of aliphatic imine (C=N–C) groups is 1. The molecule has 1 aromatic carbocycles. The van der Waals surface area contributed by atoms with E-state index in [0.717, 1.165) is 30.8 Å². The second-order valence-electron chi connectivity index (χ2n) is 4.27. The molecule has 0 aromatic heterocycles. The second-order valence-corrected chi connectivity index (χ2v) is 4.27. The van der Waals surface area contributed by atoms with Gasteiger partial charge in [0.25, 0.3) is 0 Å². The number of benzene rings is 1. The zero-order valence-corrected chi connectivity index (χ0v) is 11.4. The number of nitrogens with zero attached hydrogens (tertiary/aromatic N) is 1. The number of hydrogen-bond acceptors (Lipinski definition) is 3. The molecule has 3 N–H and O–H groups in total. The maximum absolute atomic E-state index is 6.12. The minimum absolute atomic E-state index is 0.156. The molecular formula is C14H23N3O. The van der Waals surface area contributed by atoms with Crippen molar-refractivity contribution in [3.05, 3.63) is 29.8 Å². The van der Waals surface area contributed by atoms with Gasteiger partial charge < -0.3 is 15.8 Å². The minimum Gasteiger partial charge on any atom is -0.497 e. The summed E-state index contributed by atoms with van der Waals surface area (Å²) in [7, 11) is 5.35. The fraction of sp³-hybridized carbons (Fsp3) is 0.500. The lowest BCUT2D eigenvalue weighted by molar-refractivity contribution is 0.414. The van der Waals surface area contributed by atoms with Gasteiger partial charge in [0.2, 0.25) is 0 Å². The van der Waals surface area contributed by atoms with Crippen molar-refractivity contribution in [2.75, 3.05) is 21.2 Å². The SMILES string of the molecule is CN=C(CC[C@@H](N)Cc1ccc(OC)cc1)NC. The van der Waals surface area contributed by atoms with E-state index < -0.39 is 0 Å². The Kier molecular flexibility index (Phi) is 6.22. The van der Waals surface area contributed by atoms with E-state index in [0.29, 0.717) is 0 Å². The minimum atomic E-state index is 0.156. The summed E-state index contributed by atoms with van der Waals surface area (Å²) in [4.78, 5) is 4.14. The van der Waals surface area contributed by atoms with Crippen LogP contribution >= 0.6 is 0 Å². The van der Waals surface area contributed by atoms with Crippen molar-refractivity contribution < 1.29 is 4.74 Å². The van der Waals surface area contributed by atoms with Crippen molar-refractivity contribution in [3.8, 4) is 5.75 Å². The maximum Gasteiger partial charge on any atom is 0.118 e. The summed E-state index contributed by atoms with van der Waals surface area (Å²) in [5.41, 5.74) is 7.36. The van der Waals surface area contributed by atoms with E-state index in [1.54, 1.807) is 14.2 Å². The molecule has 1 rings (SSSR count). The Hall–Kier alpha value is -1.55. The van der Waals surface area contributed by atoms with E-state index >= 15 is 0 Å². The Morgan fingerprint density at radius 2 is 2.06 bits per heavy atom. The first-order valence-corrected chi connectivity index (χ1v) is 6.21. The molecular weight excluding hydrogens is 226 g/mol. The summed E-state index contributed by atoms with van der Waals surface area (Å²) >= 11 is 0. The number of ether oxygens (including phenoxy) is 1. The van der Waals surface area contributed by atoms with E-state index in [1.807, 2.05) is 19.2 Å². The normalized spacial score (nSPS) is 13.2. The molecule has 100 valence electrons. The molecule has 0 unspecified atom stereocenters. The summed E-state index contributed by atoms with van der Waals surface area (Å²) in [5.74, 6) is 1.88. The zero-order valence-electron chi connectivity index (χ0n) is 11.4. The van der Waals surface area contributed by atoms with Crippen LogP contribution < -0.4 is 15.8 Å². The highest BCUT2D eigenvalue weighted by Gasteiger charge is 2.06. The van der Waals surface area contributed by atoms with Crippen molar-refractivity contribution in [1.82, 2.24) is 5.32 Å².